The highest BCUT2D eigenvalue weighted by Gasteiger charge is 2.39. The van der Waals surface area contributed by atoms with Crippen LogP contribution in [-0.2, 0) is 23.9 Å². The number of ether oxygens (including phenoxy) is 2. The number of esters is 2. The maximum Gasteiger partial charge on any atom is 0.443 e. The Morgan fingerprint density at radius 3 is 2.25 bits per heavy atom. The molecule has 0 heterocycles. The minimum absolute atomic E-state index is 0.437. The van der Waals surface area contributed by atoms with Crippen LogP contribution in [0.15, 0.2) is 30.3 Å². The zero-order valence-electron chi connectivity index (χ0n) is 16.0. The van der Waals surface area contributed by atoms with Crippen molar-refractivity contribution in [2.24, 2.45) is 0 Å². The van der Waals surface area contributed by atoms with E-state index >= 15 is 0 Å². The number of nitrogens with one attached hydrogen (secondary N) is 2. The van der Waals surface area contributed by atoms with E-state index in [1.54, 1.807) is 51.1 Å². The molecule has 10 heteroatoms. The first-order valence-corrected chi connectivity index (χ1v) is 8.26. The van der Waals surface area contributed by atoms with Crippen LogP contribution in [0.4, 0.5) is 10.5 Å². The van der Waals surface area contributed by atoms with Crippen LogP contribution in [0.2, 0.25) is 0 Å². The summed E-state index contributed by atoms with van der Waals surface area (Å²) in [6.07, 6.45) is -0.589. The second-order valence-corrected chi connectivity index (χ2v) is 6.61. The number of ketones is 1. The molecule has 0 aromatic heterocycles. The number of nitrogens with zero attached hydrogens (tertiary/aromatic N) is 2. The van der Waals surface area contributed by atoms with E-state index in [0.29, 0.717) is 5.69 Å². The van der Waals surface area contributed by atoms with E-state index < -0.39 is 47.5 Å². The Kier molecular flexibility index (Phi) is 8.03. The Hall–Kier alpha value is -3.52. The van der Waals surface area contributed by atoms with Gasteiger partial charge in [-0.15, -0.1) is 0 Å². The van der Waals surface area contributed by atoms with Crippen molar-refractivity contribution >= 4 is 35.2 Å². The molecular weight excluding hydrogens is 368 g/mol. The molecule has 150 valence electrons. The monoisotopic (exact) mass is 390 g/mol. The second-order valence-electron chi connectivity index (χ2n) is 6.61. The summed E-state index contributed by atoms with van der Waals surface area (Å²) in [6, 6.07) is 6.01. The Balaban J connectivity index is 3.01. The van der Waals surface area contributed by atoms with Crippen molar-refractivity contribution < 1.29 is 33.4 Å². The normalized spacial score (nSPS) is 11.4. The summed E-state index contributed by atoms with van der Waals surface area (Å²) in [6.45, 7) is 4.89. The molecule has 0 fully saturated rings. The molecule has 1 atom stereocenters. The molecule has 0 aliphatic carbocycles. The zero-order valence-corrected chi connectivity index (χ0v) is 16.0. The highest BCUT2D eigenvalue weighted by molar-refractivity contribution is 6.63. The van der Waals surface area contributed by atoms with Crippen LogP contribution >= 0.6 is 0 Å². The van der Waals surface area contributed by atoms with Gasteiger partial charge in [0, 0.05) is 5.69 Å². The molecule has 2 amide bonds. The van der Waals surface area contributed by atoms with E-state index in [2.05, 4.69) is 20.2 Å². The zero-order chi connectivity index (χ0) is 21.3. The Morgan fingerprint density at radius 1 is 1.14 bits per heavy atom. The molecule has 0 aliphatic rings. The van der Waals surface area contributed by atoms with E-state index in [9.17, 15) is 19.2 Å². The summed E-state index contributed by atoms with van der Waals surface area (Å²) in [4.78, 5) is 51.0. The molecule has 0 bridgehead atoms. The molecule has 0 radical (unpaired) electrons. The van der Waals surface area contributed by atoms with Gasteiger partial charge in [-0.1, -0.05) is 18.2 Å². The molecule has 10 nitrogen and oxygen atoms in total. The lowest BCUT2D eigenvalue weighted by Crippen LogP contribution is -2.49. The first kappa shape index (κ1) is 22.5. The summed E-state index contributed by atoms with van der Waals surface area (Å²) >= 11 is 0. The Bertz CT molecular complexity index is 794. The highest BCUT2D eigenvalue weighted by Crippen LogP contribution is 2.11. The molecule has 1 aromatic rings. The summed E-state index contributed by atoms with van der Waals surface area (Å²) in [5.41, 5.74) is 7.61. The summed E-state index contributed by atoms with van der Waals surface area (Å²) in [5.74, 6) is -3.12. The largest absolute Gasteiger partial charge is 0.460 e. The number of urea groups is 1. The van der Waals surface area contributed by atoms with Crippen molar-refractivity contribution in [3.05, 3.63) is 35.9 Å². The third-order valence-electron chi connectivity index (χ3n) is 3.16. The average molecular weight is 390 g/mol. The van der Waals surface area contributed by atoms with Crippen LogP contribution in [0.3, 0.4) is 0 Å². The third-order valence-corrected chi connectivity index (χ3v) is 3.16. The van der Waals surface area contributed by atoms with E-state index in [4.69, 9.17) is 10.3 Å². The molecule has 0 spiro atoms. The fourth-order valence-electron chi connectivity index (χ4n) is 2.06. The van der Waals surface area contributed by atoms with Gasteiger partial charge in [-0.2, -0.15) is 4.79 Å². The van der Waals surface area contributed by atoms with Crippen LogP contribution in [0.25, 0.3) is 5.53 Å². The molecule has 28 heavy (non-hydrogen) atoms. The van der Waals surface area contributed by atoms with Gasteiger partial charge in [-0.05, 0) is 32.9 Å². The van der Waals surface area contributed by atoms with Gasteiger partial charge in [0.25, 0.3) is 5.78 Å². The van der Waals surface area contributed by atoms with Crippen LogP contribution in [0, 0.1) is 0 Å². The van der Waals surface area contributed by atoms with Crippen LogP contribution in [-0.4, -0.2) is 53.0 Å². The number of carbonyl (C=O) groups excluding carboxylic acids is 4. The first-order chi connectivity index (χ1) is 13.1. The third kappa shape index (κ3) is 7.38. The van der Waals surface area contributed by atoms with Crippen molar-refractivity contribution in [1.82, 2.24) is 5.32 Å². The number of carbonyl (C=O) groups is 4. The average Bonchev–Trinajstić information content (AvgIpc) is 2.60. The fourth-order valence-corrected chi connectivity index (χ4v) is 2.06. The molecule has 1 rings (SSSR count). The van der Waals surface area contributed by atoms with Crippen molar-refractivity contribution in [3.63, 3.8) is 0 Å². The van der Waals surface area contributed by atoms with Crippen LogP contribution < -0.4 is 10.6 Å². The number of benzene rings is 1. The first-order valence-electron chi connectivity index (χ1n) is 8.26. The van der Waals surface area contributed by atoms with Crippen molar-refractivity contribution in [2.45, 2.75) is 38.8 Å². The molecule has 1 aromatic carbocycles. The molecule has 0 aliphatic heterocycles. The number of hydrogen-bond acceptors (Lipinski definition) is 6. The minimum Gasteiger partial charge on any atom is -0.460 e. The van der Waals surface area contributed by atoms with Crippen LogP contribution in [0.1, 0.15) is 27.2 Å². The Labute approximate surface area is 161 Å². The SMILES string of the molecule is COC(=O)C(=[N+]=[N-])C(=O)[C@H](CC(=O)OC(C)(C)C)NC(=O)Nc1ccccc1. The Morgan fingerprint density at radius 2 is 1.75 bits per heavy atom. The van der Waals surface area contributed by atoms with Gasteiger partial charge in [0.05, 0.1) is 13.5 Å². The lowest BCUT2D eigenvalue weighted by atomic mass is 10.0. The van der Waals surface area contributed by atoms with Gasteiger partial charge in [0.15, 0.2) is 0 Å². The topological polar surface area (TPSA) is 147 Å². The second kappa shape index (κ2) is 9.98. The van der Waals surface area contributed by atoms with Crippen molar-refractivity contribution in [3.8, 4) is 0 Å². The smallest absolute Gasteiger partial charge is 0.443 e. The number of methoxy groups -OCH3 is 1. The maximum atomic E-state index is 12.5. The molecule has 0 saturated heterocycles. The van der Waals surface area contributed by atoms with Crippen molar-refractivity contribution in [1.29, 1.82) is 0 Å². The predicted molar refractivity (Wildman–Crippen MR) is 98.5 cm³/mol. The van der Waals surface area contributed by atoms with Gasteiger partial charge in [0.2, 0.25) is 0 Å². The van der Waals surface area contributed by atoms with Gasteiger partial charge < -0.3 is 25.6 Å². The number of para-hydroxylation sites is 1. The van der Waals surface area contributed by atoms with E-state index in [0.717, 1.165) is 7.11 Å². The number of hydrogen-bond donors (Lipinski definition) is 2. The standard InChI is InChI=1S/C18H22N4O6/c1-18(2,3)28-13(23)10-12(15(24)14(22-19)16(25)27-4)21-17(26)20-11-8-6-5-7-9-11/h5-9,12H,10H2,1-4H3,(H2,20,21,26)/t12-/m0/s1. The molecule has 2 N–H and O–H groups in total. The highest BCUT2D eigenvalue weighted by atomic mass is 16.6. The lowest BCUT2D eigenvalue weighted by molar-refractivity contribution is -0.156. The summed E-state index contributed by atoms with van der Waals surface area (Å²) < 4.78 is 9.50. The van der Waals surface area contributed by atoms with Gasteiger partial charge >= 0.3 is 23.7 Å². The van der Waals surface area contributed by atoms with E-state index in [1.807, 2.05) is 0 Å². The minimum atomic E-state index is -1.52. The number of rotatable bonds is 7. The van der Waals surface area contributed by atoms with E-state index in [1.165, 1.54) is 0 Å². The number of Topliss-reactive ketones (excluding diaryl/α,β-unsaturated/α-hetero) is 1. The molecule has 0 saturated carbocycles. The number of amides is 2. The molecule has 0 unspecified atom stereocenters. The van der Waals surface area contributed by atoms with Gasteiger partial charge in [-0.25, -0.2) is 9.59 Å². The van der Waals surface area contributed by atoms with Gasteiger partial charge in [0.1, 0.15) is 11.6 Å². The quantitative estimate of drug-likeness (QED) is 0.236. The molecular formula is C18H22N4O6. The fraction of sp³-hybridized carbons (Fsp3) is 0.389. The van der Waals surface area contributed by atoms with Gasteiger partial charge in [-0.3, -0.25) is 9.59 Å². The maximum absolute atomic E-state index is 12.5. The summed E-state index contributed by atoms with van der Waals surface area (Å²) in [7, 11) is 0.985. The number of anilines is 1. The predicted octanol–water partition coefficient (Wildman–Crippen LogP) is 1.32. The lowest BCUT2D eigenvalue weighted by Gasteiger charge is -2.21. The van der Waals surface area contributed by atoms with Crippen LogP contribution in [0.5, 0.6) is 0 Å². The van der Waals surface area contributed by atoms with Crippen molar-refractivity contribution in [2.75, 3.05) is 12.4 Å². The van der Waals surface area contributed by atoms with E-state index in [-0.39, 0.29) is 0 Å². The summed E-state index contributed by atoms with van der Waals surface area (Å²) in [5, 5.41) is 4.75.